The van der Waals surface area contributed by atoms with E-state index in [1.54, 1.807) is 7.11 Å². The Labute approximate surface area is 115 Å². The molecule has 0 bridgehead atoms. The first-order chi connectivity index (χ1) is 9.10. The molecule has 1 heterocycles. The number of nitrogens with one attached hydrogen (secondary N) is 1. The van der Waals surface area contributed by atoms with Gasteiger partial charge in [-0.25, -0.2) is 0 Å². The molecular weight excluding hydrogens is 240 g/mol. The van der Waals surface area contributed by atoms with E-state index in [4.69, 9.17) is 15.2 Å². The molecule has 0 spiro atoms. The Bertz CT molecular complexity index is 423. The van der Waals surface area contributed by atoms with Crippen LogP contribution >= 0.6 is 0 Å². The highest BCUT2D eigenvalue weighted by Crippen LogP contribution is 2.31. The monoisotopic (exact) mass is 264 g/mol. The molecule has 1 aromatic carbocycles. The molecule has 0 atom stereocenters. The van der Waals surface area contributed by atoms with Gasteiger partial charge >= 0.3 is 0 Å². The standard InChI is InChI=1S/C15H24N2O2/c1-11(2)12-4-5-13(14(6-12)18-3)17-8-15(7-16)9-19-10-15/h4-6,11,17H,7-10,16H2,1-3H3. The minimum absolute atomic E-state index is 0.0851. The predicted octanol–water partition coefficient (Wildman–Crippen LogP) is 2.21. The summed E-state index contributed by atoms with van der Waals surface area (Å²) in [6.07, 6.45) is 0. The zero-order chi connectivity index (χ0) is 13.9. The van der Waals surface area contributed by atoms with Crippen LogP contribution in [0.3, 0.4) is 0 Å². The molecule has 4 heteroatoms. The summed E-state index contributed by atoms with van der Waals surface area (Å²) in [5.41, 5.74) is 8.20. The van der Waals surface area contributed by atoms with Gasteiger partial charge in [-0.1, -0.05) is 19.9 Å². The van der Waals surface area contributed by atoms with Gasteiger partial charge in [0.1, 0.15) is 5.75 Å². The zero-order valence-electron chi connectivity index (χ0n) is 12.0. The molecule has 19 heavy (non-hydrogen) atoms. The molecule has 1 aromatic rings. The number of anilines is 1. The van der Waals surface area contributed by atoms with E-state index in [0.29, 0.717) is 12.5 Å². The van der Waals surface area contributed by atoms with Crippen LogP contribution in [0.5, 0.6) is 5.75 Å². The highest BCUT2D eigenvalue weighted by Gasteiger charge is 2.37. The zero-order valence-corrected chi connectivity index (χ0v) is 12.0. The number of benzene rings is 1. The quantitative estimate of drug-likeness (QED) is 0.827. The summed E-state index contributed by atoms with van der Waals surface area (Å²) in [4.78, 5) is 0. The van der Waals surface area contributed by atoms with Crippen LogP contribution in [0.1, 0.15) is 25.3 Å². The normalized spacial score (nSPS) is 17.1. The van der Waals surface area contributed by atoms with Gasteiger partial charge in [-0.2, -0.15) is 0 Å². The second kappa shape index (κ2) is 5.80. The minimum Gasteiger partial charge on any atom is -0.495 e. The summed E-state index contributed by atoms with van der Waals surface area (Å²) in [5, 5.41) is 3.44. The van der Waals surface area contributed by atoms with E-state index in [1.807, 2.05) is 0 Å². The van der Waals surface area contributed by atoms with Gasteiger partial charge in [-0.3, -0.25) is 0 Å². The molecule has 106 valence electrons. The molecule has 2 rings (SSSR count). The summed E-state index contributed by atoms with van der Waals surface area (Å²) >= 11 is 0. The van der Waals surface area contributed by atoms with Crippen LogP contribution < -0.4 is 15.8 Å². The third-order valence-electron chi connectivity index (χ3n) is 3.80. The van der Waals surface area contributed by atoms with Crippen molar-refractivity contribution in [1.29, 1.82) is 0 Å². The first-order valence-corrected chi connectivity index (χ1v) is 6.80. The molecular formula is C15H24N2O2. The van der Waals surface area contributed by atoms with Gasteiger partial charge in [-0.05, 0) is 23.6 Å². The Hall–Kier alpha value is -1.26. The summed E-state index contributed by atoms with van der Waals surface area (Å²) in [7, 11) is 1.70. The second-order valence-corrected chi connectivity index (χ2v) is 5.66. The molecule has 0 unspecified atom stereocenters. The molecule has 1 aliphatic heterocycles. The van der Waals surface area contributed by atoms with E-state index in [0.717, 1.165) is 31.2 Å². The fourth-order valence-corrected chi connectivity index (χ4v) is 2.18. The fourth-order valence-electron chi connectivity index (χ4n) is 2.18. The maximum Gasteiger partial charge on any atom is 0.142 e. The third-order valence-corrected chi connectivity index (χ3v) is 3.80. The van der Waals surface area contributed by atoms with E-state index >= 15 is 0 Å². The molecule has 1 fully saturated rings. The molecule has 0 aromatic heterocycles. The number of nitrogens with two attached hydrogens (primary N) is 1. The van der Waals surface area contributed by atoms with Crippen molar-refractivity contribution in [2.75, 3.05) is 38.7 Å². The van der Waals surface area contributed by atoms with Gasteiger partial charge < -0.3 is 20.5 Å². The van der Waals surface area contributed by atoms with E-state index in [1.165, 1.54) is 5.56 Å². The topological polar surface area (TPSA) is 56.5 Å². The predicted molar refractivity (Wildman–Crippen MR) is 77.9 cm³/mol. The van der Waals surface area contributed by atoms with Crippen LogP contribution in [0.4, 0.5) is 5.69 Å². The Balaban J connectivity index is 2.07. The van der Waals surface area contributed by atoms with Crippen molar-refractivity contribution >= 4 is 5.69 Å². The van der Waals surface area contributed by atoms with Crippen molar-refractivity contribution in [1.82, 2.24) is 0 Å². The molecule has 1 saturated heterocycles. The molecule has 1 aliphatic rings. The summed E-state index contributed by atoms with van der Waals surface area (Å²) < 4.78 is 10.7. The second-order valence-electron chi connectivity index (χ2n) is 5.66. The molecule has 0 saturated carbocycles. The Morgan fingerprint density at radius 3 is 2.63 bits per heavy atom. The molecule has 0 amide bonds. The largest absolute Gasteiger partial charge is 0.495 e. The molecule has 4 nitrogen and oxygen atoms in total. The summed E-state index contributed by atoms with van der Waals surface area (Å²) in [6.45, 7) is 7.30. The third kappa shape index (κ3) is 3.01. The van der Waals surface area contributed by atoms with Crippen molar-refractivity contribution in [3.05, 3.63) is 23.8 Å². The van der Waals surface area contributed by atoms with E-state index in [2.05, 4.69) is 37.4 Å². The first-order valence-electron chi connectivity index (χ1n) is 6.80. The van der Waals surface area contributed by atoms with Gasteiger partial charge in [0.2, 0.25) is 0 Å². The highest BCUT2D eigenvalue weighted by atomic mass is 16.5. The summed E-state index contributed by atoms with van der Waals surface area (Å²) in [5.74, 6) is 1.39. The molecule has 0 aliphatic carbocycles. The van der Waals surface area contributed by atoms with Gasteiger partial charge in [-0.15, -0.1) is 0 Å². The van der Waals surface area contributed by atoms with E-state index < -0.39 is 0 Å². The van der Waals surface area contributed by atoms with Crippen LogP contribution in [-0.4, -0.2) is 33.4 Å². The van der Waals surface area contributed by atoms with Crippen LogP contribution in [0.2, 0.25) is 0 Å². The van der Waals surface area contributed by atoms with Crippen molar-refractivity contribution in [3.8, 4) is 5.75 Å². The molecule has 0 radical (unpaired) electrons. The Morgan fingerprint density at radius 1 is 1.42 bits per heavy atom. The first kappa shape index (κ1) is 14.2. The van der Waals surface area contributed by atoms with Crippen molar-refractivity contribution in [2.24, 2.45) is 11.1 Å². The maximum absolute atomic E-state index is 5.82. The van der Waals surface area contributed by atoms with Gasteiger partial charge in [0, 0.05) is 18.5 Å². The summed E-state index contributed by atoms with van der Waals surface area (Å²) in [6, 6.07) is 6.32. The van der Waals surface area contributed by atoms with Gasteiger partial charge in [0.05, 0.1) is 26.0 Å². The number of hydrogen-bond donors (Lipinski definition) is 2. The van der Waals surface area contributed by atoms with Crippen molar-refractivity contribution in [2.45, 2.75) is 19.8 Å². The van der Waals surface area contributed by atoms with Crippen LogP contribution in [0.15, 0.2) is 18.2 Å². The number of hydrogen-bond acceptors (Lipinski definition) is 4. The molecule has 3 N–H and O–H groups in total. The van der Waals surface area contributed by atoms with E-state index in [9.17, 15) is 0 Å². The highest BCUT2D eigenvalue weighted by molar-refractivity contribution is 5.58. The average Bonchev–Trinajstić information content (AvgIpc) is 2.37. The van der Waals surface area contributed by atoms with Crippen LogP contribution in [0.25, 0.3) is 0 Å². The lowest BCUT2D eigenvalue weighted by Gasteiger charge is -2.40. The number of ether oxygens (including phenoxy) is 2. The minimum atomic E-state index is 0.0851. The maximum atomic E-state index is 5.82. The van der Waals surface area contributed by atoms with E-state index in [-0.39, 0.29) is 5.41 Å². The number of rotatable bonds is 6. The fraction of sp³-hybridized carbons (Fsp3) is 0.600. The number of methoxy groups -OCH3 is 1. The van der Waals surface area contributed by atoms with Crippen molar-refractivity contribution in [3.63, 3.8) is 0 Å². The van der Waals surface area contributed by atoms with Gasteiger partial charge in [0.25, 0.3) is 0 Å². The Morgan fingerprint density at radius 2 is 2.16 bits per heavy atom. The van der Waals surface area contributed by atoms with Crippen LogP contribution in [-0.2, 0) is 4.74 Å². The van der Waals surface area contributed by atoms with Crippen LogP contribution in [0, 0.1) is 5.41 Å². The van der Waals surface area contributed by atoms with Gasteiger partial charge in [0.15, 0.2) is 0 Å². The average molecular weight is 264 g/mol. The van der Waals surface area contributed by atoms with Crippen molar-refractivity contribution < 1.29 is 9.47 Å². The lowest BCUT2D eigenvalue weighted by molar-refractivity contribution is -0.0979. The lowest BCUT2D eigenvalue weighted by Crippen LogP contribution is -2.52. The Kier molecular flexibility index (Phi) is 4.32. The SMILES string of the molecule is COc1cc(C(C)C)ccc1NCC1(CN)COC1. The lowest BCUT2D eigenvalue weighted by atomic mass is 9.86. The smallest absolute Gasteiger partial charge is 0.142 e.